The summed E-state index contributed by atoms with van der Waals surface area (Å²) in [5.74, 6) is 3.18. The molecule has 4 heteroatoms. The van der Waals surface area contributed by atoms with Gasteiger partial charge in [-0.15, -0.1) is 0 Å². The number of ether oxygens (including phenoxy) is 1. The Hall–Kier alpha value is -0.740. The second-order valence-corrected chi connectivity index (χ2v) is 6.60. The van der Waals surface area contributed by atoms with Gasteiger partial charge < -0.3 is 10.1 Å². The monoisotopic (exact) mass is 266 g/mol. The van der Waals surface area contributed by atoms with Crippen molar-refractivity contribution in [2.45, 2.75) is 32.9 Å². The molecule has 2 rings (SSSR count). The van der Waals surface area contributed by atoms with Crippen LogP contribution in [0.1, 0.15) is 25.8 Å². The third kappa shape index (κ3) is 3.39. The van der Waals surface area contributed by atoms with Crippen LogP contribution in [-0.4, -0.2) is 29.6 Å². The Labute approximate surface area is 114 Å². The lowest BCUT2D eigenvalue weighted by atomic mass is 9.82. The average molecular weight is 266 g/mol. The van der Waals surface area contributed by atoms with Crippen LogP contribution >= 0.6 is 11.8 Å². The molecular formula is C14H22N2OS. The lowest BCUT2D eigenvalue weighted by Crippen LogP contribution is -2.46. The van der Waals surface area contributed by atoms with Crippen LogP contribution < -0.4 is 10.1 Å². The number of aromatic nitrogens is 1. The Morgan fingerprint density at radius 1 is 1.56 bits per heavy atom. The van der Waals surface area contributed by atoms with E-state index in [0.29, 0.717) is 17.3 Å². The summed E-state index contributed by atoms with van der Waals surface area (Å²) in [6.07, 6.45) is 3.09. The molecule has 0 amide bonds. The van der Waals surface area contributed by atoms with Crippen molar-refractivity contribution in [1.82, 2.24) is 10.3 Å². The Balaban J connectivity index is 1.94. The van der Waals surface area contributed by atoms with Crippen molar-refractivity contribution in [3.05, 3.63) is 23.9 Å². The number of hydrogen-bond acceptors (Lipinski definition) is 4. The van der Waals surface area contributed by atoms with E-state index in [1.807, 2.05) is 23.9 Å². The fourth-order valence-electron chi connectivity index (χ4n) is 2.18. The molecule has 18 heavy (non-hydrogen) atoms. The zero-order chi connectivity index (χ0) is 13.0. The third-order valence-electron chi connectivity index (χ3n) is 3.68. The van der Waals surface area contributed by atoms with E-state index in [4.69, 9.17) is 4.74 Å². The molecule has 1 aliphatic heterocycles. The number of thioether (sulfide) groups is 1. The number of rotatable bonds is 4. The Bertz CT molecular complexity index is 395. The van der Waals surface area contributed by atoms with Gasteiger partial charge >= 0.3 is 0 Å². The summed E-state index contributed by atoms with van der Waals surface area (Å²) in [5.41, 5.74) is 1.62. The van der Waals surface area contributed by atoms with Crippen LogP contribution in [0.15, 0.2) is 18.3 Å². The number of pyridine rings is 1. The maximum Gasteiger partial charge on any atom is 0.213 e. The van der Waals surface area contributed by atoms with Crippen LogP contribution in [0.25, 0.3) is 0 Å². The van der Waals surface area contributed by atoms with Gasteiger partial charge in [-0.25, -0.2) is 4.98 Å². The van der Waals surface area contributed by atoms with Gasteiger partial charge in [-0.05, 0) is 29.2 Å². The Morgan fingerprint density at radius 2 is 2.39 bits per heavy atom. The van der Waals surface area contributed by atoms with E-state index < -0.39 is 0 Å². The van der Waals surface area contributed by atoms with Crippen molar-refractivity contribution in [2.24, 2.45) is 5.41 Å². The van der Waals surface area contributed by atoms with Crippen molar-refractivity contribution < 1.29 is 4.74 Å². The summed E-state index contributed by atoms with van der Waals surface area (Å²) in [5, 5.41) is 3.68. The topological polar surface area (TPSA) is 34.1 Å². The maximum absolute atomic E-state index is 5.14. The fraction of sp³-hybridized carbons (Fsp3) is 0.643. The summed E-state index contributed by atoms with van der Waals surface area (Å²) in [4.78, 5) is 4.13. The van der Waals surface area contributed by atoms with Crippen LogP contribution in [0.5, 0.6) is 5.88 Å². The molecule has 1 atom stereocenters. The van der Waals surface area contributed by atoms with Gasteiger partial charge in [0.2, 0.25) is 5.88 Å². The quantitative estimate of drug-likeness (QED) is 0.908. The summed E-state index contributed by atoms with van der Waals surface area (Å²) in [6.45, 7) is 5.60. The summed E-state index contributed by atoms with van der Waals surface area (Å²) in [7, 11) is 1.65. The van der Waals surface area contributed by atoms with Gasteiger partial charge in [0.25, 0.3) is 0 Å². The molecule has 100 valence electrons. The molecule has 0 bridgehead atoms. The molecule has 1 aromatic heterocycles. The van der Waals surface area contributed by atoms with Gasteiger partial charge in [0.1, 0.15) is 0 Å². The Morgan fingerprint density at radius 3 is 3.11 bits per heavy atom. The zero-order valence-electron chi connectivity index (χ0n) is 11.4. The van der Waals surface area contributed by atoms with Gasteiger partial charge in [-0.1, -0.05) is 13.8 Å². The normalized spacial score (nSPS) is 22.7. The molecule has 1 N–H and O–H groups in total. The van der Waals surface area contributed by atoms with E-state index in [2.05, 4.69) is 24.1 Å². The van der Waals surface area contributed by atoms with Gasteiger partial charge in [0.05, 0.1) is 7.11 Å². The molecule has 1 aromatic rings. The average Bonchev–Trinajstić information content (AvgIpc) is 2.37. The van der Waals surface area contributed by atoms with Crippen LogP contribution in [0.3, 0.4) is 0 Å². The molecule has 2 heterocycles. The summed E-state index contributed by atoms with van der Waals surface area (Å²) >= 11 is 2.05. The number of nitrogens with zero attached hydrogens (tertiary/aromatic N) is 1. The fourth-order valence-corrected chi connectivity index (χ4v) is 3.83. The second-order valence-electron chi connectivity index (χ2n) is 5.45. The standard InChI is InChI=1S/C14H22N2OS/c1-14(2)5-7-18-10-12(14)16-9-11-4-6-15-13(8-11)17-3/h4,6,8,12,16H,5,7,9-10H2,1-3H3. The highest BCUT2D eigenvalue weighted by Gasteiger charge is 2.31. The third-order valence-corrected chi connectivity index (χ3v) is 4.74. The number of nitrogens with one attached hydrogen (secondary N) is 1. The van der Waals surface area contributed by atoms with Gasteiger partial charge in [0, 0.05) is 30.6 Å². The molecule has 3 nitrogen and oxygen atoms in total. The van der Waals surface area contributed by atoms with Crippen LogP contribution in [-0.2, 0) is 6.54 Å². The molecule has 1 aliphatic rings. The van der Waals surface area contributed by atoms with Gasteiger partial charge in [0.15, 0.2) is 0 Å². The van der Waals surface area contributed by atoms with E-state index in [0.717, 1.165) is 6.54 Å². The van der Waals surface area contributed by atoms with Gasteiger partial charge in [-0.3, -0.25) is 0 Å². The first kappa shape index (κ1) is 13.7. The smallest absolute Gasteiger partial charge is 0.213 e. The highest BCUT2D eigenvalue weighted by atomic mass is 32.2. The molecular weight excluding hydrogens is 244 g/mol. The highest BCUT2D eigenvalue weighted by molar-refractivity contribution is 7.99. The predicted molar refractivity (Wildman–Crippen MR) is 77.1 cm³/mol. The van der Waals surface area contributed by atoms with E-state index in [-0.39, 0.29) is 0 Å². The van der Waals surface area contributed by atoms with Crippen molar-refractivity contribution in [2.75, 3.05) is 18.6 Å². The molecule has 1 saturated heterocycles. The molecule has 0 aliphatic carbocycles. The Kier molecular flexibility index (Phi) is 4.51. The maximum atomic E-state index is 5.14. The SMILES string of the molecule is COc1cc(CNC2CSCCC2(C)C)ccn1. The molecule has 1 unspecified atom stereocenters. The van der Waals surface area contributed by atoms with E-state index in [1.165, 1.54) is 23.5 Å². The summed E-state index contributed by atoms with van der Waals surface area (Å²) in [6, 6.07) is 4.62. The van der Waals surface area contributed by atoms with Crippen LogP contribution in [0, 0.1) is 5.41 Å². The molecule has 0 aromatic carbocycles. The molecule has 1 fully saturated rings. The molecule has 0 spiro atoms. The minimum atomic E-state index is 0.391. The zero-order valence-corrected chi connectivity index (χ0v) is 12.2. The van der Waals surface area contributed by atoms with Crippen LogP contribution in [0.2, 0.25) is 0 Å². The molecule has 0 saturated carbocycles. The van der Waals surface area contributed by atoms with Crippen molar-refractivity contribution in [3.8, 4) is 5.88 Å². The predicted octanol–water partition coefficient (Wildman–Crippen LogP) is 2.71. The lowest BCUT2D eigenvalue weighted by molar-refractivity contribution is 0.245. The van der Waals surface area contributed by atoms with Crippen LogP contribution in [0.4, 0.5) is 0 Å². The highest BCUT2D eigenvalue weighted by Crippen LogP contribution is 2.34. The van der Waals surface area contributed by atoms with E-state index >= 15 is 0 Å². The van der Waals surface area contributed by atoms with Gasteiger partial charge in [-0.2, -0.15) is 11.8 Å². The summed E-state index contributed by atoms with van der Waals surface area (Å²) < 4.78 is 5.14. The first-order valence-corrected chi connectivity index (χ1v) is 7.57. The van der Waals surface area contributed by atoms with Crippen molar-refractivity contribution in [3.63, 3.8) is 0 Å². The lowest BCUT2D eigenvalue weighted by Gasteiger charge is -2.39. The minimum Gasteiger partial charge on any atom is -0.481 e. The first-order chi connectivity index (χ1) is 8.62. The van der Waals surface area contributed by atoms with Crippen molar-refractivity contribution >= 4 is 11.8 Å². The number of methoxy groups -OCH3 is 1. The minimum absolute atomic E-state index is 0.391. The molecule has 0 radical (unpaired) electrons. The van der Waals surface area contributed by atoms with E-state index in [9.17, 15) is 0 Å². The van der Waals surface area contributed by atoms with Crippen molar-refractivity contribution in [1.29, 1.82) is 0 Å². The largest absolute Gasteiger partial charge is 0.481 e. The first-order valence-electron chi connectivity index (χ1n) is 6.42. The number of hydrogen-bond donors (Lipinski definition) is 1. The van der Waals surface area contributed by atoms with E-state index in [1.54, 1.807) is 13.3 Å². The second kappa shape index (κ2) is 5.93.